The molecule has 26 heavy (non-hydrogen) atoms. The zero-order valence-corrected chi connectivity index (χ0v) is 14.4. The van der Waals surface area contributed by atoms with Crippen molar-refractivity contribution < 1.29 is 19.4 Å². The number of carbonyl (C=O) groups is 2. The van der Waals surface area contributed by atoms with Gasteiger partial charge < -0.3 is 15.2 Å². The summed E-state index contributed by atoms with van der Waals surface area (Å²) in [5, 5.41) is 12.0. The maximum Gasteiger partial charge on any atom is 0.306 e. The molecule has 0 radical (unpaired) electrons. The molecule has 2 N–H and O–H groups in total. The van der Waals surface area contributed by atoms with Crippen LogP contribution < -0.4 is 10.1 Å². The van der Waals surface area contributed by atoms with E-state index >= 15 is 0 Å². The lowest BCUT2D eigenvalue weighted by Crippen LogP contribution is -2.34. The van der Waals surface area contributed by atoms with Crippen LogP contribution in [0.25, 0.3) is 0 Å². The third kappa shape index (κ3) is 5.05. The SMILES string of the molecule is O=C(Cc1cccc(OCc2cccnc2)c1)N[C@@H]1CC[C@H](C(=O)O)C1. The number of amides is 1. The highest BCUT2D eigenvalue weighted by molar-refractivity contribution is 5.79. The zero-order chi connectivity index (χ0) is 18.4. The molecule has 1 saturated carbocycles. The van der Waals surface area contributed by atoms with E-state index in [1.54, 1.807) is 12.4 Å². The van der Waals surface area contributed by atoms with E-state index in [-0.39, 0.29) is 24.3 Å². The molecule has 0 bridgehead atoms. The molecule has 1 fully saturated rings. The molecule has 1 amide bonds. The summed E-state index contributed by atoms with van der Waals surface area (Å²) in [4.78, 5) is 27.3. The van der Waals surface area contributed by atoms with Gasteiger partial charge in [0.2, 0.25) is 5.91 Å². The predicted octanol–water partition coefficient (Wildman–Crippen LogP) is 2.57. The molecule has 1 aliphatic rings. The van der Waals surface area contributed by atoms with Crippen LogP contribution in [0.2, 0.25) is 0 Å². The highest BCUT2D eigenvalue weighted by atomic mass is 16.5. The first-order valence-electron chi connectivity index (χ1n) is 8.73. The number of carboxylic acid groups (broad SMARTS) is 1. The Morgan fingerprint density at radius 1 is 1.19 bits per heavy atom. The number of benzene rings is 1. The van der Waals surface area contributed by atoms with Crippen LogP contribution >= 0.6 is 0 Å². The Bertz CT molecular complexity index is 763. The smallest absolute Gasteiger partial charge is 0.306 e. The van der Waals surface area contributed by atoms with Crippen LogP contribution in [0.5, 0.6) is 5.75 Å². The van der Waals surface area contributed by atoms with Gasteiger partial charge in [-0.2, -0.15) is 0 Å². The normalized spacial score (nSPS) is 19.1. The lowest BCUT2D eigenvalue weighted by atomic mass is 10.1. The summed E-state index contributed by atoms with van der Waals surface area (Å²) in [7, 11) is 0. The van der Waals surface area contributed by atoms with Crippen LogP contribution in [0.3, 0.4) is 0 Å². The van der Waals surface area contributed by atoms with Crippen molar-refractivity contribution in [2.75, 3.05) is 0 Å². The van der Waals surface area contributed by atoms with Gasteiger partial charge in [-0.3, -0.25) is 14.6 Å². The second-order valence-corrected chi connectivity index (χ2v) is 6.59. The first-order chi connectivity index (χ1) is 12.6. The number of rotatable bonds is 7. The maximum absolute atomic E-state index is 12.2. The molecule has 6 nitrogen and oxygen atoms in total. The van der Waals surface area contributed by atoms with E-state index in [4.69, 9.17) is 9.84 Å². The number of carbonyl (C=O) groups excluding carboxylic acids is 1. The van der Waals surface area contributed by atoms with Crippen molar-refractivity contribution in [3.63, 3.8) is 0 Å². The van der Waals surface area contributed by atoms with Crippen LogP contribution in [0.4, 0.5) is 0 Å². The van der Waals surface area contributed by atoms with Crippen molar-refractivity contribution >= 4 is 11.9 Å². The maximum atomic E-state index is 12.2. The molecule has 1 aromatic carbocycles. The second kappa shape index (κ2) is 8.47. The van der Waals surface area contributed by atoms with Crippen molar-refractivity contribution in [3.8, 4) is 5.75 Å². The summed E-state index contributed by atoms with van der Waals surface area (Å²) in [5.41, 5.74) is 1.84. The lowest BCUT2D eigenvalue weighted by Gasteiger charge is -2.13. The highest BCUT2D eigenvalue weighted by Gasteiger charge is 2.30. The molecular formula is C20H22N2O4. The zero-order valence-electron chi connectivity index (χ0n) is 14.4. The van der Waals surface area contributed by atoms with E-state index in [0.29, 0.717) is 25.2 Å². The minimum Gasteiger partial charge on any atom is -0.489 e. The Balaban J connectivity index is 1.50. The van der Waals surface area contributed by atoms with Crippen molar-refractivity contribution in [2.24, 2.45) is 5.92 Å². The van der Waals surface area contributed by atoms with E-state index in [9.17, 15) is 9.59 Å². The average Bonchev–Trinajstić information content (AvgIpc) is 3.10. The van der Waals surface area contributed by atoms with E-state index in [2.05, 4.69) is 10.3 Å². The van der Waals surface area contributed by atoms with Crippen molar-refractivity contribution in [1.29, 1.82) is 0 Å². The number of nitrogens with one attached hydrogen (secondary N) is 1. The number of carboxylic acids is 1. The van der Waals surface area contributed by atoms with Crippen LogP contribution in [0, 0.1) is 5.92 Å². The molecule has 6 heteroatoms. The quantitative estimate of drug-likeness (QED) is 0.798. The third-order valence-electron chi connectivity index (χ3n) is 4.54. The van der Waals surface area contributed by atoms with Gasteiger partial charge in [0.05, 0.1) is 12.3 Å². The molecule has 0 saturated heterocycles. The fourth-order valence-corrected chi connectivity index (χ4v) is 3.20. The first kappa shape index (κ1) is 17.9. The molecule has 136 valence electrons. The monoisotopic (exact) mass is 354 g/mol. The Kier molecular flexibility index (Phi) is 5.84. The van der Waals surface area contributed by atoms with Gasteiger partial charge in [0, 0.05) is 24.0 Å². The van der Waals surface area contributed by atoms with E-state index in [1.165, 1.54) is 0 Å². The van der Waals surface area contributed by atoms with Gasteiger partial charge in [0.25, 0.3) is 0 Å². The molecule has 1 heterocycles. The largest absolute Gasteiger partial charge is 0.489 e. The number of nitrogens with zero attached hydrogens (tertiary/aromatic N) is 1. The highest BCUT2D eigenvalue weighted by Crippen LogP contribution is 2.25. The lowest BCUT2D eigenvalue weighted by molar-refractivity contribution is -0.141. The van der Waals surface area contributed by atoms with Gasteiger partial charge >= 0.3 is 5.97 Å². The topological polar surface area (TPSA) is 88.5 Å². The number of hydrogen-bond acceptors (Lipinski definition) is 4. The van der Waals surface area contributed by atoms with Gasteiger partial charge in [-0.15, -0.1) is 0 Å². The number of pyridine rings is 1. The fraction of sp³-hybridized carbons (Fsp3) is 0.350. The number of ether oxygens (including phenoxy) is 1. The number of hydrogen-bond donors (Lipinski definition) is 2. The molecule has 2 atom stereocenters. The van der Waals surface area contributed by atoms with E-state index in [0.717, 1.165) is 17.5 Å². The predicted molar refractivity (Wildman–Crippen MR) is 95.6 cm³/mol. The molecule has 0 aliphatic heterocycles. The minimum absolute atomic E-state index is 0.0476. The summed E-state index contributed by atoms with van der Waals surface area (Å²) in [5.74, 6) is -0.513. The third-order valence-corrected chi connectivity index (χ3v) is 4.54. The molecule has 2 aromatic rings. The summed E-state index contributed by atoms with van der Waals surface area (Å²) in [6, 6.07) is 11.2. The summed E-state index contributed by atoms with van der Waals surface area (Å²) < 4.78 is 5.75. The summed E-state index contributed by atoms with van der Waals surface area (Å²) in [6.07, 6.45) is 5.57. The first-order valence-corrected chi connectivity index (χ1v) is 8.73. The van der Waals surface area contributed by atoms with Gasteiger partial charge in [-0.25, -0.2) is 0 Å². The van der Waals surface area contributed by atoms with Crippen LogP contribution in [0.15, 0.2) is 48.8 Å². The molecule has 1 aliphatic carbocycles. The Morgan fingerprint density at radius 3 is 2.77 bits per heavy atom. The summed E-state index contributed by atoms with van der Waals surface area (Å²) in [6.45, 7) is 0.419. The molecule has 1 aromatic heterocycles. The van der Waals surface area contributed by atoms with Crippen molar-refractivity contribution in [2.45, 2.75) is 38.3 Å². The molecule has 0 spiro atoms. The van der Waals surface area contributed by atoms with Crippen LogP contribution in [0.1, 0.15) is 30.4 Å². The molecule has 0 unspecified atom stereocenters. The van der Waals surface area contributed by atoms with Crippen LogP contribution in [-0.4, -0.2) is 28.0 Å². The van der Waals surface area contributed by atoms with Crippen LogP contribution in [-0.2, 0) is 22.6 Å². The van der Waals surface area contributed by atoms with Gasteiger partial charge in [0.1, 0.15) is 12.4 Å². The average molecular weight is 354 g/mol. The van der Waals surface area contributed by atoms with E-state index < -0.39 is 5.97 Å². The van der Waals surface area contributed by atoms with Gasteiger partial charge in [-0.1, -0.05) is 18.2 Å². The van der Waals surface area contributed by atoms with Gasteiger partial charge in [-0.05, 0) is 43.0 Å². The van der Waals surface area contributed by atoms with Crippen molar-refractivity contribution in [3.05, 3.63) is 59.9 Å². The Morgan fingerprint density at radius 2 is 2.04 bits per heavy atom. The van der Waals surface area contributed by atoms with E-state index in [1.807, 2.05) is 36.4 Å². The van der Waals surface area contributed by atoms with Gasteiger partial charge in [0.15, 0.2) is 0 Å². The number of aromatic nitrogens is 1. The van der Waals surface area contributed by atoms with Crippen molar-refractivity contribution in [1.82, 2.24) is 10.3 Å². The number of aliphatic carboxylic acids is 1. The Labute approximate surface area is 152 Å². The molecule has 3 rings (SSSR count). The standard InChI is InChI=1S/C20H22N2O4/c23-19(22-17-7-6-16(11-17)20(24)25)10-14-3-1-5-18(9-14)26-13-15-4-2-8-21-12-15/h1-5,8-9,12,16-17H,6-7,10-11,13H2,(H,22,23)(H,24,25)/t16-,17+/m0/s1. The minimum atomic E-state index is -0.778. The summed E-state index contributed by atoms with van der Waals surface area (Å²) >= 11 is 0. The Hall–Kier alpha value is -2.89. The second-order valence-electron chi connectivity index (χ2n) is 6.59. The molecular weight excluding hydrogens is 332 g/mol. The fourth-order valence-electron chi connectivity index (χ4n) is 3.20.